The van der Waals surface area contributed by atoms with Crippen molar-refractivity contribution in [1.29, 1.82) is 5.26 Å². The smallest absolute Gasteiger partial charge is 0.256 e. The Labute approximate surface area is 139 Å². The van der Waals surface area contributed by atoms with Crippen LogP contribution in [0.2, 0.25) is 0 Å². The molecular formula is C16H16N2O3S2. The van der Waals surface area contributed by atoms with Crippen LogP contribution in [0.3, 0.4) is 0 Å². The average molecular weight is 348 g/mol. The number of nitrogens with zero attached hydrogens (tertiary/aromatic N) is 1. The Morgan fingerprint density at radius 1 is 1.35 bits per heavy atom. The molecule has 0 unspecified atom stereocenters. The van der Waals surface area contributed by atoms with Crippen LogP contribution in [-0.2, 0) is 15.6 Å². The highest BCUT2D eigenvalue weighted by molar-refractivity contribution is 7.89. The maximum Gasteiger partial charge on any atom is 0.256 e. The highest BCUT2D eigenvalue weighted by atomic mass is 32.2. The van der Waals surface area contributed by atoms with Gasteiger partial charge in [0.15, 0.2) is 9.84 Å². The van der Waals surface area contributed by atoms with E-state index in [-0.39, 0.29) is 11.7 Å². The molecule has 0 radical (unpaired) electrons. The molecule has 2 aromatic rings. The van der Waals surface area contributed by atoms with E-state index in [0.29, 0.717) is 21.7 Å². The molecule has 1 heterocycles. The number of amides is 1. The van der Waals surface area contributed by atoms with E-state index in [0.717, 1.165) is 16.7 Å². The lowest BCUT2D eigenvalue weighted by atomic mass is 10.1. The van der Waals surface area contributed by atoms with Crippen molar-refractivity contribution < 1.29 is 13.2 Å². The number of anilines is 1. The Balaban J connectivity index is 2.27. The topological polar surface area (TPSA) is 87.0 Å². The summed E-state index contributed by atoms with van der Waals surface area (Å²) in [5, 5.41) is 12.5. The van der Waals surface area contributed by atoms with Crippen molar-refractivity contribution in [3.8, 4) is 6.07 Å². The van der Waals surface area contributed by atoms with E-state index in [2.05, 4.69) is 11.4 Å². The third-order valence-electron chi connectivity index (χ3n) is 3.34. The fourth-order valence-corrected chi connectivity index (χ4v) is 3.92. The Morgan fingerprint density at radius 2 is 2.04 bits per heavy atom. The van der Waals surface area contributed by atoms with Gasteiger partial charge in [-0.05, 0) is 37.1 Å². The van der Waals surface area contributed by atoms with Gasteiger partial charge in [0, 0.05) is 16.7 Å². The monoisotopic (exact) mass is 348 g/mol. The fourth-order valence-electron chi connectivity index (χ4n) is 2.13. The Kier molecular flexibility index (Phi) is 4.88. The van der Waals surface area contributed by atoms with Crippen molar-refractivity contribution in [3.05, 3.63) is 51.4 Å². The van der Waals surface area contributed by atoms with Gasteiger partial charge < -0.3 is 5.32 Å². The number of benzene rings is 1. The number of carbonyl (C=O) groups is 1. The van der Waals surface area contributed by atoms with E-state index in [1.165, 1.54) is 11.3 Å². The molecule has 0 spiro atoms. The number of carbonyl (C=O) groups excluding carboxylic acids is 1. The minimum atomic E-state index is -3.16. The van der Waals surface area contributed by atoms with Gasteiger partial charge in [0.25, 0.3) is 5.91 Å². The largest absolute Gasteiger partial charge is 0.312 e. The predicted molar refractivity (Wildman–Crippen MR) is 91.5 cm³/mol. The molecule has 2 rings (SSSR count). The van der Waals surface area contributed by atoms with Crippen molar-refractivity contribution >= 4 is 32.1 Å². The summed E-state index contributed by atoms with van der Waals surface area (Å²) in [7, 11) is -3.16. The van der Waals surface area contributed by atoms with Crippen LogP contribution in [0.5, 0.6) is 0 Å². The molecule has 1 amide bonds. The minimum Gasteiger partial charge on any atom is -0.312 e. The molecule has 1 aromatic carbocycles. The van der Waals surface area contributed by atoms with Gasteiger partial charge in [-0.3, -0.25) is 4.79 Å². The van der Waals surface area contributed by atoms with E-state index >= 15 is 0 Å². The zero-order valence-electron chi connectivity index (χ0n) is 13.0. The van der Waals surface area contributed by atoms with Crippen molar-refractivity contribution in [3.63, 3.8) is 0 Å². The lowest BCUT2D eigenvalue weighted by Gasteiger charge is -2.06. The summed E-state index contributed by atoms with van der Waals surface area (Å²) < 4.78 is 22.7. The number of hydrogen-bond donors (Lipinski definition) is 1. The van der Waals surface area contributed by atoms with Crippen LogP contribution in [-0.4, -0.2) is 20.6 Å². The summed E-state index contributed by atoms with van der Waals surface area (Å²) in [5.41, 5.74) is 2.24. The summed E-state index contributed by atoms with van der Waals surface area (Å²) in [6.07, 6.45) is 1.15. The second-order valence-corrected chi connectivity index (χ2v) is 8.69. The molecule has 23 heavy (non-hydrogen) atoms. The molecule has 0 aliphatic carbocycles. The molecule has 1 aromatic heterocycles. The zero-order valence-corrected chi connectivity index (χ0v) is 14.6. The molecule has 0 atom stereocenters. The standard InChI is InChI=1S/C16H16N2O3S2/c1-10-11(2)22-16(14(10)8-17)18-15(19)13-6-4-5-12(7-13)9-23(3,20)21/h4-7H,9H2,1-3H3,(H,18,19). The van der Waals surface area contributed by atoms with Gasteiger partial charge in [0.1, 0.15) is 11.1 Å². The van der Waals surface area contributed by atoms with Crippen LogP contribution in [0, 0.1) is 25.2 Å². The van der Waals surface area contributed by atoms with E-state index in [9.17, 15) is 18.5 Å². The SMILES string of the molecule is Cc1sc(NC(=O)c2cccc(CS(C)(=O)=O)c2)c(C#N)c1C. The van der Waals surface area contributed by atoms with Gasteiger partial charge in [-0.2, -0.15) is 5.26 Å². The molecule has 120 valence electrons. The first-order chi connectivity index (χ1) is 10.7. The molecular weight excluding hydrogens is 332 g/mol. The minimum absolute atomic E-state index is 0.116. The number of thiophene rings is 1. The zero-order chi connectivity index (χ0) is 17.2. The first kappa shape index (κ1) is 17.2. The fraction of sp³-hybridized carbons (Fsp3) is 0.250. The Bertz CT molecular complexity index is 906. The molecule has 1 N–H and O–H groups in total. The van der Waals surface area contributed by atoms with E-state index in [1.54, 1.807) is 24.3 Å². The summed E-state index contributed by atoms with van der Waals surface area (Å²) >= 11 is 1.35. The number of aryl methyl sites for hydroxylation is 1. The van der Waals surface area contributed by atoms with Gasteiger partial charge in [-0.15, -0.1) is 11.3 Å². The Hall–Kier alpha value is -2.17. The van der Waals surface area contributed by atoms with Gasteiger partial charge in [-0.1, -0.05) is 12.1 Å². The molecule has 0 saturated carbocycles. The lowest BCUT2D eigenvalue weighted by molar-refractivity contribution is 0.102. The average Bonchev–Trinajstić information content (AvgIpc) is 2.71. The highest BCUT2D eigenvalue weighted by Crippen LogP contribution is 2.32. The van der Waals surface area contributed by atoms with Gasteiger partial charge in [0.05, 0.1) is 11.3 Å². The van der Waals surface area contributed by atoms with Gasteiger partial charge in [0.2, 0.25) is 0 Å². The molecule has 0 fully saturated rings. The van der Waals surface area contributed by atoms with Crippen LogP contribution >= 0.6 is 11.3 Å². The van der Waals surface area contributed by atoms with Crippen molar-refractivity contribution in [2.45, 2.75) is 19.6 Å². The van der Waals surface area contributed by atoms with Crippen LogP contribution < -0.4 is 5.32 Å². The van der Waals surface area contributed by atoms with E-state index in [1.807, 2.05) is 13.8 Å². The third-order valence-corrected chi connectivity index (χ3v) is 5.32. The van der Waals surface area contributed by atoms with Crippen LogP contribution in [0.1, 0.15) is 31.9 Å². The number of nitrogens with one attached hydrogen (secondary N) is 1. The van der Waals surface area contributed by atoms with Crippen LogP contribution in [0.25, 0.3) is 0 Å². The second-order valence-electron chi connectivity index (χ2n) is 5.32. The van der Waals surface area contributed by atoms with Gasteiger partial charge in [-0.25, -0.2) is 8.42 Å². The normalized spacial score (nSPS) is 11.0. The summed E-state index contributed by atoms with van der Waals surface area (Å²) in [5.74, 6) is -0.479. The first-order valence-electron chi connectivity index (χ1n) is 6.79. The van der Waals surface area contributed by atoms with E-state index < -0.39 is 9.84 Å². The molecule has 7 heteroatoms. The highest BCUT2D eigenvalue weighted by Gasteiger charge is 2.16. The Morgan fingerprint density at radius 3 is 2.65 bits per heavy atom. The summed E-state index contributed by atoms with van der Waals surface area (Å²) in [6.45, 7) is 3.73. The lowest BCUT2D eigenvalue weighted by Crippen LogP contribution is -2.12. The van der Waals surface area contributed by atoms with Crippen molar-refractivity contribution in [2.24, 2.45) is 0 Å². The van der Waals surface area contributed by atoms with Crippen molar-refractivity contribution in [1.82, 2.24) is 0 Å². The predicted octanol–water partition coefficient (Wildman–Crippen LogP) is 3.03. The summed E-state index contributed by atoms with van der Waals surface area (Å²) in [6, 6.07) is 8.57. The number of hydrogen-bond acceptors (Lipinski definition) is 5. The molecule has 0 aliphatic heterocycles. The van der Waals surface area contributed by atoms with Gasteiger partial charge >= 0.3 is 0 Å². The first-order valence-corrected chi connectivity index (χ1v) is 9.67. The number of sulfone groups is 1. The van der Waals surface area contributed by atoms with Crippen LogP contribution in [0.4, 0.5) is 5.00 Å². The molecule has 0 bridgehead atoms. The summed E-state index contributed by atoms with van der Waals surface area (Å²) in [4.78, 5) is 13.3. The maximum atomic E-state index is 12.4. The third kappa shape index (κ3) is 4.18. The van der Waals surface area contributed by atoms with Crippen molar-refractivity contribution in [2.75, 3.05) is 11.6 Å². The molecule has 0 aliphatic rings. The van der Waals surface area contributed by atoms with E-state index in [4.69, 9.17) is 0 Å². The second kappa shape index (κ2) is 6.52. The molecule has 5 nitrogen and oxygen atoms in total. The quantitative estimate of drug-likeness (QED) is 0.920. The maximum absolute atomic E-state index is 12.4. The van der Waals surface area contributed by atoms with Crippen LogP contribution in [0.15, 0.2) is 24.3 Å². The number of nitriles is 1. The molecule has 0 saturated heterocycles. The number of rotatable bonds is 4.